The molecule has 0 atom stereocenters. The van der Waals surface area contributed by atoms with Gasteiger partial charge in [-0.05, 0) is 24.9 Å². The van der Waals surface area contributed by atoms with E-state index in [4.69, 9.17) is 14.7 Å². The van der Waals surface area contributed by atoms with E-state index in [1.807, 2.05) is 0 Å². The molecule has 2 aromatic rings. The first-order valence-electron chi connectivity index (χ1n) is 12.3. The van der Waals surface area contributed by atoms with E-state index in [0.29, 0.717) is 0 Å². The van der Waals surface area contributed by atoms with Crippen LogP contribution in [0.1, 0.15) is 30.2 Å². The number of piperazine rings is 1. The van der Waals surface area contributed by atoms with Crippen LogP contribution in [0.25, 0.3) is 0 Å². The molecule has 2 fully saturated rings. The second-order valence-corrected chi connectivity index (χ2v) is 9.15. The highest BCUT2D eigenvalue weighted by Gasteiger charge is 2.28. The lowest BCUT2D eigenvalue weighted by atomic mass is 10.0. The lowest BCUT2D eigenvalue weighted by Gasteiger charge is -2.38. The minimum atomic E-state index is 0.756. The molecule has 32 heavy (non-hydrogen) atoms. The minimum Gasteiger partial charge on any atom is -0.378 e. The summed E-state index contributed by atoms with van der Waals surface area (Å²) in [6.07, 6.45) is 2.25. The number of aromatic nitrogens is 2. The number of benzene rings is 1. The standard InChI is InChI=1S/C25H36N6O/c1-2-9-28-11-13-30(14-12-28)24-22-8-10-29(19-21-6-4-3-5-7-21)20-23(22)26-25(27-24)31-15-17-32-18-16-31/h3-7H,2,8-20H2,1H3. The second-order valence-electron chi connectivity index (χ2n) is 9.15. The molecule has 0 radical (unpaired) electrons. The van der Waals surface area contributed by atoms with Crippen LogP contribution in [0.2, 0.25) is 0 Å². The van der Waals surface area contributed by atoms with Crippen LogP contribution in [0.5, 0.6) is 0 Å². The molecule has 3 aliphatic rings. The molecule has 0 bridgehead atoms. The SMILES string of the molecule is CCCN1CCN(c2nc(N3CCOCC3)nc3c2CCN(Cc2ccccc2)C3)CC1. The molecule has 3 aliphatic heterocycles. The molecule has 7 nitrogen and oxygen atoms in total. The summed E-state index contributed by atoms with van der Waals surface area (Å²) in [5, 5.41) is 0. The molecule has 2 saturated heterocycles. The molecule has 0 unspecified atom stereocenters. The van der Waals surface area contributed by atoms with Crippen molar-refractivity contribution in [3.63, 3.8) is 0 Å². The zero-order valence-electron chi connectivity index (χ0n) is 19.4. The largest absolute Gasteiger partial charge is 0.378 e. The fourth-order valence-corrected chi connectivity index (χ4v) is 5.09. The monoisotopic (exact) mass is 436 g/mol. The van der Waals surface area contributed by atoms with E-state index < -0.39 is 0 Å². The van der Waals surface area contributed by atoms with Gasteiger partial charge in [0.25, 0.3) is 0 Å². The maximum atomic E-state index is 5.58. The van der Waals surface area contributed by atoms with E-state index in [2.05, 4.69) is 56.9 Å². The molecule has 0 N–H and O–H groups in total. The smallest absolute Gasteiger partial charge is 0.227 e. The molecule has 4 heterocycles. The molecule has 7 heteroatoms. The molecule has 0 aliphatic carbocycles. The first-order valence-corrected chi connectivity index (χ1v) is 12.3. The fourth-order valence-electron chi connectivity index (χ4n) is 5.09. The van der Waals surface area contributed by atoms with Crippen molar-refractivity contribution in [3.05, 3.63) is 47.2 Å². The van der Waals surface area contributed by atoms with Crippen LogP contribution in [-0.2, 0) is 24.2 Å². The molecule has 5 rings (SSSR count). The van der Waals surface area contributed by atoms with Crippen LogP contribution >= 0.6 is 0 Å². The number of anilines is 2. The third-order valence-electron chi connectivity index (χ3n) is 6.87. The molecular formula is C25H36N6O. The van der Waals surface area contributed by atoms with Crippen LogP contribution in [0, 0.1) is 0 Å². The van der Waals surface area contributed by atoms with Gasteiger partial charge in [-0.15, -0.1) is 0 Å². The van der Waals surface area contributed by atoms with Gasteiger partial charge < -0.3 is 14.5 Å². The Bertz CT molecular complexity index is 878. The van der Waals surface area contributed by atoms with Gasteiger partial charge in [-0.25, -0.2) is 4.98 Å². The maximum absolute atomic E-state index is 5.58. The van der Waals surface area contributed by atoms with Crippen molar-refractivity contribution < 1.29 is 4.74 Å². The summed E-state index contributed by atoms with van der Waals surface area (Å²) in [5.74, 6) is 2.08. The van der Waals surface area contributed by atoms with Gasteiger partial charge in [0.05, 0.1) is 18.9 Å². The Hall–Kier alpha value is -2.22. The number of nitrogens with zero attached hydrogens (tertiary/aromatic N) is 6. The molecular weight excluding hydrogens is 400 g/mol. The van der Waals surface area contributed by atoms with Crippen LogP contribution in [0.4, 0.5) is 11.8 Å². The second kappa shape index (κ2) is 10.1. The molecule has 1 aromatic carbocycles. The number of ether oxygens (including phenoxy) is 1. The lowest BCUT2D eigenvalue weighted by Crippen LogP contribution is -2.48. The Balaban J connectivity index is 1.40. The Labute approximate surface area is 192 Å². The number of rotatable bonds is 6. The molecule has 0 amide bonds. The van der Waals surface area contributed by atoms with Gasteiger partial charge in [0.2, 0.25) is 5.95 Å². The van der Waals surface area contributed by atoms with Gasteiger partial charge >= 0.3 is 0 Å². The van der Waals surface area contributed by atoms with E-state index in [-0.39, 0.29) is 0 Å². The van der Waals surface area contributed by atoms with Crippen LogP contribution in [-0.4, -0.2) is 85.3 Å². The summed E-state index contributed by atoms with van der Waals surface area (Å²) in [6.45, 7) is 14.0. The van der Waals surface area contributed by atoms with E-state index in [9.17, 15) is 0 Å². The van der Waals surface area contributed by atoms with E-state index in [1.165, 1.54) is 35.6 Å². The predicted octanol–water partition coefficient (Wildman–Crippen LogP) is 2.40. The summed E-state index contributed by atoms with van der Waals surface area (Å²) in [4.78, 5) is 20.2. The number of morpholine rings is 1. The van der Waals surface area contributed by atoms with E-state index >= 15 is 0 Å². The Morgan fingerprint density at radius 3 is 2.38 bits per heavy atom. The molecule has 1 aromatic heterocycles. The van der Waals surface area contributed by atoms with Crippen molar-refractivity contribution in [1.82, 2.24) is 19.8 Å². The van der Waals surface area contributed by atoms with Crippen molar-refractivity contribution in [1.29, 1.82) is 0 Å². The minimum absolute atomic E-state index is 0.756. The topological polar surface area (TPSA) is 48.0 Å². The van der Waals surface area contributed by atoms with Gasteiger partial charge in [-0.3, -0.25) is 9.80 Å². The zero-order valence-corrected chi connectivity index (χ0v) is 19.4. The summed E-state index contributed by atoms with van der Waals surface area (Å²) in [5.41, 5.74) is 3.95. The van der Waals surface area contributed by atoms with Crippen LogP contribution in [0.3, 0.4) is 0 Å². The molecule has 0 spiro atoms. The van der Waals surface area contributed by atoms with Gasteiger partial charge in [0, 0.05) is 64.5 Å². The normalized spacial score (nSPS) is 20.4. The van der Waals surface area contributed by atoms with Gasteiger partial charge in [0.15, 0.2) is 0 Å². The van der Waals surface area contributed by atoms with Crippen molar-refractivity contribution in [3.8, 4) is 0 Å². The van der Waals surface area contributed by atoms with Gasteiger partial charge in [0.1, 0.15) is 5.82 Å². The highest BCUT2D eigenvalue weighted by atomic mass is 16.5. The van der Waals surface area contributed by atoms with E-state index in [0.717, 1.165) is 84.5 Å². The quantitative estimate of drug-likeness (QED) is 0.689. The number of hydrogen-bond donors (Lipinski definition) is 0. The summed E-state index contributed by atoms with van der Waals surface area (Å²) < 4.78 is 5.58. The van der Waals surface area contributed by atoms with Crippen molar-refractivity contribution in [2.24, 2.45) is 0 Å². The first kappa shape index (κ1) is 21.6. The average molecular weight is 437 g/mol. The van der Waals surface area contributed by atoms with Crippen molar-refractivity contribution in [2.45, 2.75) is 32.9 Å². The van der Waals surface area contributed by atoms with Crippen molar-refractivity contribution in [2.75, 3.05) is 75.4 Å². The third kappa shape index (κ3) is 4.90. The number of fused-ring (bicyclic) bond motifs is 1. The maximum Gasteiger partial charge on any atom is 0.227 e. The first-order chi connectivity index (χ1) is 15.8. The Morgan fingerprint density at radius 2 is 1.62 bits per heavy atom. The van der Waals surface area contributed by atoms with Crippen molar-refractivity contribution >= 4 is 11.8 Å². The summed E-state index contributed by atoms with van der Waals surface area (Å²) in [7, 11) is 0. The van der Waals surface area contributed by atoms with E-state index in [1.54, 1.807) is 0 Å². The van der Waals surface area contributed by atoms with Gasteiger partial charge in [-0.1, -0.05) is 37.3 Å². The molecule has 172 valence electrons. The molecule has 0 saturated carbocycles. The predicted molar refractivity (Wildman–Crippen MR) is 128 cm³/mol. The Kier molecular flexibility index (Phi) is 6.86. The van der Waals surface area contributed by atoms with Gasteiger partial charge in [-0.2, -0.15) is 4.98 Å². The zero-order chi connectivity index (χ0) is 21.8. The van der Waals surface area contributed by atoms with Crippen LogP contribution < -0.4 is 9.80 Å². The average Bonchev–Trinajstić information content (AvgIpc) is 2.85. The number of hydrogen-bond acceptors (Lipinski definition) is 7. The summed E-state index contributed by atoms with van der Waals surface area (Å²) in [6, 6.07) is 10.8. The third-order valence-corrected chi connectivity index (χ3v) is 6.87. The summed E-state index contributed by atoms with van der Waals surface area (Å²) >= 11 is 0. The lowest BCUT2D eigenvalue weighted by molar-refractivity contribution is 0.122. The Morgan fingerprint density at radius 1 is 0.844 bits per heavy atom. The highest BCUT2D eigenvalue weighted by Crippen LogP contribution is 2.30. The van der Waals surface area contributed by atoms with Crippen LogP contribution in [0.15, 0.2) is 30.3 Å². The highest BCUT2D eigenvalue weighted by molar-refractivity contribution is 5.55. The fraction of sp³-hybridized carbons (Fsp3) is 0.600.